The Morgan fingerprint density at radius 2 is 1.84 bits per heavy atom. The average molecular weight is 538 g/mol. The number of nitrogens with two attached hydrogens (primary N) is 2. The summed E-state index contributed by atoms with van der Waals surface area (Å²) in [5.74, 6) is -1.70. The van der Waals surface area contributed by atoms with Crippen molar-refractivity contribution in [3.63, 3.8) is 0 Å². The molecule has 0 saturated carbocycles. The number of hydrazone groups is 1. The monoisotopic (exact) mass is 537 g/mol. The van der Waals surface area contributed by atoms with Gasteiger partial charge in [0.05, 0.1) is 36.3 Å². The third kappa shape index (κ3) is 8.77. The van der Waals surface area contributed by atoms with Gasteiger partial charge in [0, 0.05) is 24.6 Å². The van der Waals surface area contributed by atoms with Crippen molar-refractivity contribution in [1.82, 2.24) is 15.4 Å². The lowest BCUT2D eigenvalue weighted by Gasteiger charge is -2.20. The first-order valence-electron chi connectivity index (χ1n) is 11.2. The van der Waals surface area contributed by atoms with Crippen LogP contribution < -0.4 is 21.2 Å². The zero-order valence-electron chi connectivity index (χ0n) is 21.0. The molecule has 0 aliphatic rings. The van der Waals surface area contributed by atoms with Gasteiger partial charge in [0.2, 0.25) is 27.8 Å². The minimum atomic E-state index is -3.67. The fourth-order valence-corrected chi connectivity index (χ4v) is 3.61. The smallest absolute Gasteiger partial charge is 0.242 e. The summed E-state index contributed by atoms with van der Waals surface area (Å²) in [6.07, 6.45) is 1.09. The van der Waals surface area contributed by atoms with Gasteiger partial charge in [-0.3, -0.25) is 4.79 Å². The van der Waals surface area contributed by atoms with Crippen molar-refractivity contribution < 1.29 is 27.8 Å². The second-order valence-electron chi connectivity index (χ2n) is 8.65. The summed E-state index contributed by atoms with van der Waals surface area (Å²) < 4.78 is 38.8. The lowest BCUT2D eigenvalue weighted by atomic mass is 9.97. The molecular formula is C23H32FN7O5S. The van der Waals surface area contributed by atoms with Crippen molar-refractivity contribution in [2.75, 3.05) is 17.6 Å². The number of aliphatic hydroxyl groups excluding tert-OH is 2. The summed E-state index contributed by atoms with van der Waals surface area (Å²) in [4.78, 5) is 20.6. The maximum absolute atomic E-state index is 13.6. The molecular weight excluding hydrogens is 505 g/mol. The molecule has 2 aromatic rings. The molecule has 202 valence electrons. The van der Waals surface area contributed by atoms with E-state index in [1.807, 2.05) is 13.8 Å². The van der Waals surface area contributed by atoms with E-state index in [2.05, 4.69) is 20.5 Å². The second kappa shape index (κ2) is 12.6. The zero-order chi connectivity index (χ0) is 27.9. The van der Waals surface area contributed by atoms with E-state index in [1.165, 1.54) is 37.4 Å². The Morgan fingerprint density at radius 3 is 2.38 bits per heavy atom. The number of hydrogen-bond donors (Lipinski definition) is 5. The molecule has 0 spiro atoms. The van der Waals surface area contributed by atoms with Crippen molar-refractivity contribution in [3.05, 3.63) is 47.4 Å². The van der Waals surface area contributed by atoms with E-state index >= 15 is 0 Å². The van der Waals surface area contributed by atoms with Crippen LogP contribution in [0.15, 0.2) is 35.4 Å². The Kier molecular flexibility index (Phi) is 10.1. The lowest BCUT2D eigenvalue weighted by Crippen LogP contribution is -2.31. The molecule has 2 atom stereocenters. The standard InChI is InChI=1S/C23H32FN7O5S/c1-13(2)20-18(10-9-16(32)11-17(33)12-19(34)29-30-22(25)26)21(14-5-7-15(24)8-6-14)28-23(27-20)31(3)37(4,35)36/h5-10,13,16-17,32-33H,11-12H2,1-4H3,(H,29,34)(H4,25,26,30)/t16-,17+/m0/s1. The number of anilines is 1. The third-order valence-electron chi connectivity index (χ3n) is 5.14. The molecule has 2 rings (SSSR count). The highest BCUT2D eigenvalue weighted by molar-refractivity contribution is 7.92. The summed E-state index contributed by atoms with van der Waals surface area (Å²) >= 11 is 0. The van der Waals surface area contributed by atoms with Crippen LogP contribution >= 0.6 is 0 Å². The van der Waals surface area contributed by atoms with E-state index in [9.17, 15) is 27.8 Å². The van der Waals surface area contributed by atoms with Crippen molar-refractivity contribution >= 4 is 33.9 Å². The van der Waals surface area contributed by atoms with Gasteiger partial charge in [-0.05, 0) is 30.2 Å². The molecule has 0 bridgehead atoms. The number of guanidine groups is 1. The molecule has 1 aromatic heterocycles. The highest BCUT2D eigenvalue weighted by Gasteiger charge is 2.22. The fourth-order valence-electron chi connectivity index (χ4n) is 3.23. The van der Waals surface area contributed by atoms with E-state index in [-0.39, 0.29) is 30.7 Å². The Hall–Kier alpha value is -3.62. The highest BCUT2D eigenvalue weighted by Crippen LogP contribution is 2.31. The maximum atomic E-state index is 13.6. The van der Waals surface area contributed by atoms with Crippen molar-refractivity contribution in [2.45, 2.75) is 44.8 Å². The molecule has 14 heteroatoms. The molecule has 0 unspecified atom stereocenters. The van der Waals surface area contributed by atoms with E-state index in [1.54, 1.807) is 6.08 Å². The van der Waals surface area contributed by atoms with Crippen LogP contribution in [0.1, 0.15) is 43.9 Å². The van der Waals surface area contributed by atoms with Crippen LogP contribution in [-0.2, 0) is 14.8 Å². The largest absolute Gasteiger partial charge is 0.392 e. The number of nitrogens with one attached hydrogen (secondary N) is 1. The summed E-state index contributed by atoms with van der Waals surface area (Å²) in [6, 6.07) is 5.49. The van der Waals surface area contributed by atoms with E-state index in [4.69, 9.17) is 11.5 Å². The van der Waals surface area contributed by atoms with Gasteiger partial charge in [-0.15, -0.1) is 5.10 Å². The van der Waals surface area contributed by atoms with Crippen LogP contribution in [0.2, 0.25) is 0 Å². The van der Waals surface area contributed by atoms with Crippen LogP contribution in [0.3, 0.4) is 0 Å². The van der Waals surface area contributed by atoms with Gasteiger partial charge < -0.3 is 21.7 Å². The van der Waals surface area contributed by atoms with Crippen LogP contribution in [0.25, 0.3) is 17.3 Å². The van der Waals surface area contributed by atoms with Crippen LogP contribution in [-0.4, -0.2) is 66.0 Å². The molecule has 0 radical (unpaired) electrons. The number of carbonyl (C=O) groups excluding carboxylic acids is 1. The topological polar surface area (TPSA) is 197 Å². The summed E-state index contributed by atoms with van der Waals surface area (Å²) in [5.41, 5.74) is 14.1. The van der Waals surface area contributed by atoms with Crippen LogP contribution in [0.4, 0.5) is 10.3 Å². The number of aromatic nitrogens is 2. The number of benzene rings is 1. The molecule has 7 N–H and O–H groups in total. The van der Waals surface area contributed by atoms with Gasteiger partial charge in [-0.1, -0.05) is 26.0 Å². The number of aliphatic hydroxyl groups is 2. The molecule has 0 fully saturated rings. The molecule has 0 saturated heterocycles. The first-order chi connectivity index (χ1) is 17.2. The molecule has 12 nitrogen and oxygen atoms in total. The quantitative estimate of drug-likeness (QED) is 0.155. The second-order valence-corrected chi connectivity index (χ2v) is 10.7. The Balaban J connectivity index is 2.44. The molecule has 37 heavy (non-hydrogen) atoms. The average Bonchev–Trinajstić information content (AvgIpc) is 2.80. The zero-order valence-corrected chi connectivity index (χ0v) is 21.8. The molecule has 0 aliphatic carbocycles. The molecule has 0 aliphatic heterocycles. The predicted molar refractivity (Wildman–Crippen MR) is 139 cm³/mol. The first-order valence-corrected chi connectivity index (χ1v) is 13.1. The van der Waals surface area contributed by atoms with Crippen LogP contribution in [0.5, 0.6) is 0 Å². The number of rotatable bonds is 11. The van der Waals surface area contributed by atoms with Crippen molar-refractivity contribution in [2.24, 2.45) is 16.6 Å². The van der Waals surface area contributed by atoms with Gasteiger partial charge in [-0.25, -0.2) is 32.5 Å². The lowest BCUT2D eigenvalue weighted by molar-refractivity contribution is -0.123. The number of halogens is 1. The van der Waals surface area contributed by atoms with Gasteiger partial charge in [-0.2, -0.15) is 0 Å². The molecule has 1 aromatic carbocycles. The van der Waals surface area contributed by atoms with Crippen molar-refractivity contribution in [3.8, 4) is 11.3 Å². The Bertz CT molecular complexity index is 1260. The summed E-state index contributed by atoms with van der Waals surface area (Å²) in [5, 5.41) is 23.9. The number of hydrogen-bond acceptors (Lipinski definition) is 8. The number of amides is 1. The van der Waals surface area contributed by atoms with Gasteiger partial charge in [0.1, 0.15) is 5.82 Å². The summed E-state index contributed by atoms with van der Waals surface area (Å²) in [7, 11) is -2.34. The number of nitrogens with zero attached hydrogens (tertiary/aromatic N) is 4. The van der Waals surface area contributed by atoms with Gasteiger partial charge >= 0.3 is 0 Å². The number of sulfonamides is 1. The minimum absolute atomic E-state index is 0.0644. The van der Waals surface area contributed by atoms with Gasteiger partial charge in [0.25, 0.3) is 0 Å². The third-order valence-corrected chi connectivity index (χ3v) is 6.29. The van der Waals surface area contributed by atoms with E-state index in [0.29, 0.717) is 22.5 Å². The fraction of sp³-hybridized carbons (Fsp3) is 0.391. The van der Waals surface area contributed by atoms with Crippen molar-refractivity contribution in [1.29, 1.82) is 0 Å². The van der Waals surface area contributed by atoms with Crippen LogP contribution in [0, 0.1) is 5.82 Å². The molecule has 1 amide bonds. The highest BCUT2D eigenvalue weighted by atomic mass is 32.2. The normalized spacial score (nSPS) is 13.4. The van der Waals surface area contributed by atoms with E-state index in [0.717, 1.165) is 10.6 Å². The van der Waals surface area contributed by atoms with E-state index < -0.39 is 34.0 Å². The number of carbonyl (C=O) groups is 1. The minimum Gasteiger partial charge on any atom is -0.392 e. The van der Waals surface area contributed by atoms with Gasteiger partial charge in [0.15, 0.2) is 0 Å². The Labute approximate surface area is 215 Å². The predicted octanol–water partition coefficient (Wildman–Crippen LogP) is 0.622. The first kappa shape index (κ1) is 29.6. The Morgan fingerprint density at radius 1 is 1.22 bits per heavy atom. The maximum Gasteiger partial charge on any atom is 0.242 e. The molecule has 1 heterocycles. The SMILES string of the molecule is CC(C)c1nc(N(C)S(C)(=O)=O)nc(-c2ccc(F)cc2)c1C=C[C@H](O)C[C@@H](O)CC(=O)NN=C(N)N. The summed E-state index contributed by atoms with van der Waals surface area (Å²) in [6.45, 7) is 3.71.